The van der Waals surface area contributed by atoms with Crippen LogP contribution in [0.1, 0.15) is 118 Å². The molecule has 0 aliphatic rings. The van der Waals surface area contributed by atoms with Crippen molar-refractivity contribution in [2.24, 2.45) is 0 Å². The second-order valence-corrected chi connectivity index (χ2v) is 8.70. The van der Waals surface area contributed by atoms with Gasteiger partial charge in [0.15, 0.2) is 0 Å². The molecule has 0 heterocycles. The van der Waals surface area contributed by atoms with Crippen LogP contribution < -0.4 is 0 Å². The van der Waals surface area contributed by atoms with Crippen molar-refractivity contribution in [1.29, 1.82) is 0 Å². The second kappa shape index (κ2) is 18.0. The average molecular weight is 441 g/mol. The molecule has 0 radical (unpaired) electrons. The van der Waals surface area contributed by atoms with Crippen LogP contribution in [0.5, 0.6) is 0 Å². The number of carbonyl (C=O) groups is 3. The Hall–Kier alpha value is -1.59. The summed E-state index contributed by atoms with van der Waals surface area (Å²) < 4.78 is 0. The molecule has 0 rings (SSSR count). The lowest BCUT2D eigenvalue weighted by Gasteiger charge is -2.38. The Bertz CT molecular complexity index is 502. The third-order valence-electron chi connectivity index (χ3n) is 5.98. The third-order valence-corrected chi connectivity index (χ3v) is 5.98. The summed E-state index contributed by atoms with van der Waals surface area (Å²) in [6, 6.07) is -0.784. The SMILES string of the molecule is CCCCCCCC(=O)N(C(C)CC)[C@@H](CCC(=O)O)C(=O)N(CCCC)CCCC. The summed E-state index contributed by atoms with van der Waals surface area (Å²) in [5, 5.41) is 9.28. The number of aliphatic carboxylic acids is 1. The molecule has 0 spiro atoms. The van der Waals surface area contributed by atoms with E-state index >= 15 is 0 Å². The molecule has 6 nitrogen and oxygen atoms in total. The molecule has 2 amide bonds. The first kappa shape index (κ1) is 29.4. The first-order chi connectivity index (χ1) is 14.8. The Morgan fingerprint density at radius 2 is 1.32 bits per heavy atom. The van der Waals surface area contributed by atoms with Crippen molar-refractivity contribution in [3.63, 3.8) is 0 Å². The average Bonchev–Trinajstić information content (AvgIpc) is 2.75. The molecule has 0 fully saturated rings. The monoisotopic (exact) mass is 440 g/mol. The van der Waals surface area contributed by atoms with Gasteiger partial charge in [-0.1, -0.05) is 66.2 Å². The number of carboxylic acid groups (broad SMARTS) is 1. The minimum Gasteiger partial charge on any atom is -0.481 e. The highest BCUT2D eigenvalue weighted by molar-refractivity contribution is 5.88. The predicted octanol–water partition coefficient (Wildman–Crippen LogP) is 5.64. The molecular formula is C25H48N2O4. The molecule has 0 aliphatic carbocycles. The zero-order valence-corrected chi connectivity index (χ0v) is 20.8. The Morgan fingerprint density at radius 3 is 1.81 bits per heavy atom. The maximum Gasteiger partial charge on any atom is 0.303 e. The molecular weight excluding hydrogens is 392 g/mol. The first-order valence-electron chi connectivity index (χ1n) is 12.7. The number of unbranched alkanes of at least 4 members (excludes halogenated alkanes) is 6. The summed E-state index contributed by atoms with van der Waals surface area (Å²) >= 11 is 0. The minimum absolute atomic E-state index is 0.0134. The molecule has 0 saturated heterocycles. The highest BCUT2D eigenvalue weighted by Crippen LogP contribution is 2.20. The number of hydrogen-bond donors (Lipinski definition) is 1. The van der Waals surface area contributed by atoms with Crippen LogP contribution >= 0.6 is 0 Å². The summed E-state index contributed by atoms with van der Waals surface area (Å²) in [6.45, 7) is 11.7. The van der Waals surface area contributed by atoms with Crippen LogP contribution in [-0.4, -0.2) is 57.9 Å². The maximum atomic E-state index is 13.6. The third kappa shape index (κ3) is 12.1. The first-order valence-corrected chi connectivity index (χ1v) is 12.7. The lowest BCUT2D eigenvalue weighted by molar-refractivity contribution is -0.149. The van der Waals surface area contributed by atoms with E-state index in [0.717, 1.165) is 57.8 Å². The van der Waals surface area contributed by atoms with E-state index in [2.05, 4.69) is 20.8 Å². The van der Waals surface area contributed by atoms with E-state index in [1.165, 1.54) is 6.42 Å². The molecule has 1 unspecified atom stereocenters. The van der Waals surface area contributed by atoms with Crippen LogP contribution in [0.25, 0.3) is 0 Å². The summed E-state index contributed by atoms with van der Waals surface area (Å²) in [7, 11) is 0. The zero-order valence-electron chi connectivity index (χ0n) is 20.8. The fourth-order valence-corrected chi connectivity index (χ4v) is 3.82. The maximum absolute atomic E-state index is 13.6. The minimum atomic E-state index is -0.928. The van der Waals surface area contributed by atoms with Gasteiger partial charge in [0.1, 0.15) is 6.04 Å². The van der Waals surface area contributed by atoms with Crippen LogP contribution in [0.3, 0.4) is 0 Å². The Balaban J connectivity index is 5.61. The molecule has 31 heavy (non-hydrogen) atoms. The van der Waals surface area contributed by atoms with Crippen molar-refractivity contribution in [1.82, 2.24) is 9.80 Å². The van der Waals surface area contributed by atoms with Crippen LogP contribution in [0, 0.1) is 0 Å². The quantitative estimate of drug-likeness (QED) is 0.264. The van der Waals surface area contributed by atoms with Gasteiger partial charge in [0.2, 0.25) is 11.8 Å². The van der Waals surface area contributed by atoms with Crippen LogP contribution in [0.15, 0.2) is 0 Å². The Morgan fingerprint density at radius 1 is 0.774 bits per heavy atom. The van der Waals surface area contributed by atoms with Gasteiger partial charge in [0.05, 0.1) is 0 Å². The smallest absolute Gasteiger partial charge is 0.303 e. The van der Waals surface area contributed by atoms with E-state index in [0.29, 0.717) is 19.5 Å². The van der Waals surface area contributed by atoms with E-state index in [9.17, 15) is 19.5 Å². The molecule has 0 aliphatic heterocycles. The molecule has 2 atom stereocenters. The van der Waals surface area contributed by atoms with Crippen LogP contribution in [0.4, 0.5) is 0 Å². The Kier molecular flexibility index (Phi) is 17.1. The molecule has 6 heteroatoms. The number of hydrogen-bond acceptors (Lipinski definition) is 3. The number of nitrogens with zero attached hydrogens (tertiary/aromatic N) is 2. The van der Waals surface area contributed by atoms with Crippen molar-refractivity contribution in [3.8, 4) is 0 Å². The summed E-state index contributed by atoms with van der Waals surface area (Å²) in [5.41, 5.74) is 0. The summed E-state index contributed by atoms with van der Waals surface area (Å²) in [5.74, 6) is -1.02. The molecule has 0 bridgehead atoms. The van der Waals surface area contributed by atoms with Crippen molar-refractivity contribution in [2.75, 3.05) is 13.1 Å². The molecule has 182 valence electrons. The van der Waals surface area contributed by atoms with Gasteiger partial charge in [-0.3, -0.25) is 14.4 Å². The standard InChI is InChI=1S/C25H48N2O4/c1-6-10-13-14-15-16-23(28)27(21(5)9-4)22(17-18-24(29)30)25(31)26(19-11-7-2)20-12-8-3/h21-22H,6-20H2,1-5H3,(H,29,30)/t21?,22-/m0/s1. The number of rotatable bonds is 19. The zero-order chi connectivity index (χ0) is 23.6. The number of carboxylic acids is 1. The van der Waals surface area contributed by atoms with E-state index in [4.69, 9.17) is 0 Å². The predicted molar refractivity (Wildman–Crippen MR) is 127 cm³/mol. The van der Waals surface area contributed by atoms with Crippen molar-refractivity contribution in [2.45, 2.75) is 130 Å². The number of carbonyl (C=O) groups excluding carboxylic acids is 2. The highest BCUT2D eigenvalue weighted by Gasteiger charge is 2.35. The van der Waals surface area contributed by atoms with Crippen LogP contribution in [0.2, 0.25) is 0 Å². The normalized spacial score (nSPS) is 12.9. The molecule has 0 saturated carbocycles. The van der Waals surface area contributed by atoms with E-state index < -0.39 is 12.0 Å². The summed E-state index contributed by atoms with van der Waals surface area (Å²) in [6.07, 6.45) is 10.3. The fraction of sp³-hybridized carbons (Fsp3) is 0.880. The van der Waals surface area contributed by atoms with Gasteiger partial charge in [-0.2, -0.15) is 0 Å². The largest absolute Gasteiger partial charge is 0.481 e. The van der Waals surface area contributed by atoms with Gasteiger partial charge in [0, 0.05) is 32.0 Å². The lowest BCUT2D eigenvalue weighted by Crippen LogP contribution is -2.54. The van der Waals surface area contributed by atoms with Gasteiger partial charge >= 0.3 is 5.97 Å². The van der Waals surface area contributed by atoms with Gasteiger partial charge in [-0.15, -0.1) is 0 Å². The highest BCUT2D eigenvalue weighted by atomic mass is 16.4. The summed E-state index contributed by atoms with van der Waals surface area (Å²) in [4.78, 5) is 41.7. The van der Waals surface area contributed by atoms with Crippen molar-refractivity contribution >= 4 is 17.8 Å². The number of amides is 2. The lowest BCUT2D eigenvalue weighted by atomic mass is 10.0. The topological polar surface area (TPSA) is 77.9 Å². The van der Waals surface area contributed by atoms with Gasteiger partial charge in [0.25, 0.3) is 0 Å². The molecule has 0 aromatic carbocycles. The van der Waals surface area contributed by atoms with Crippen molar-refractivity contribution in [3.05, 3.63) is 0 Å². The van der Waals surface area contributed by atoms with Gasteiger partial charge < -0.3 is 14.9 Å². The van der Waals surface area contributed by atoms with Gasteiger partial charge in [-0.05, 0) is 39.0 Å². The van der Waals surface area contributed by atoms with Crippen LogP contribution in [-0.2, 0) is 14.4 Å². The molecule has 1 N–H and O–H groups in total. The van der Waals surface area contributed by atoms with E-state index in [1.807, 2.05) is 18.7 Å². The molecule has 0 aromatic heterocycles. The van der Waals surface area contributed by atoms with Crippen molar-refractivity contribution < 1.29 is 19.5 Å². The Labute approximate surface area is 190 Å². The van der Waals surface area contributed by atoms with Gasteiger partial charge in [-0.25, -0.2) is 0 Å². The fourth-order valence-electron chi connectivity index (χ4n) is 3.82. The molecule has 0 aromatic rings. The van der Waals surface area contributed by atoms with E-state index in [1.54, 1.807) is 4.90 Å². The van der Waals surface area contributed by atoms with E-state index in [-0.39, 0.29) is 30.7 Å². The second-order valence-electron chi connectivity index (χ2n) is 8.70.